The molecule has 3 aromatic rings. The number of fused-ring (bicyclic) bond motifs is 1. The van der Waals surface area contributed by atoms with Gasteiger partial charge in [-0.1, -0.05) is 6.07 Å². The van der Waals surface area contributed by atoms with Crippen LogP contribution in [0.3, 0.4) is 0 Å². The van der Waals surface area contributed by atoms with Crippen molar-refractivity contribution in [1.29, 1.82) is 0 Å². The quantitative estimate of drug-likeness (QED) is 0.711. The summed E-state index contributed by atoms with van der Waals surface area (Å²) < 4.78 is 14.5. The first kappa shape index (κ1) is 17.8. The first-order valence-corrected chi connectivity index (χ1v) is 8.85. The third-order valence-electron chi connectivity index (χ3n) is 4.46. The smallest absolute Gasteiger partial charge is 0.261 e. The van der Waals surface area contributed by atoms with E-state index in [0.717, 1.165) is 23.5 Å². The molecule has 142 valence electrons. The first-order valence-electron chi connectivity index (χ1n) is 8.85. The summed E-state index contributed by atoms with van der Waals surface area (Å²) in [5, 5.41) is 5.61. The fraction of sp³-hybridized carbons (Fsp3) is 0.200. The number of amides is 2. The molecular weight excluding hydrogens is 363 g/mol. The van der Waals surface area contributed by atoms with E-state index in [4.69, 9.17) is 0 Å². The van der Waals surface area contributed by atoms with Crippen molar-refractivity contribution in [3.05, 3.63) is 65.0 Å². The summed E-state index contributed by atoms with van der Waals surface area (Å²) >= 11 is 0. The molecule has 1 aromatic heterocycles. The van der Waals surface area contributed by atoms with E-state index in [1.54, 1.807) is 24.3 Å². The van der Waals surface area contributed by atoms with Gasteiger partial charge in [-0.3, -0.25) is 19.0 Å². The number of hydrogen-bond donors (Lipinski definition) is 2. The Bertz CT molecular complexity index is 1140. The molecule has 2 amide bonds. The number of aromatic nitrogens is 2. The third kappa shape index (κ3) is 3.90. The number of nitrogens with one attached hydrogen (secondary N) is 2. The predicted molar refractivity (Wildman–Crippen MR) is 102 cm³/mol. The number of carbonyl (C=O) groups is 2. The monoisotopic (exact) mass is 380 g/mol. The lowest BCUT2D eigenvalue weighted by Crippen LogP contribution is -2.28. The zero-order valence-electron chi connectivity index (χ0n) is 14.8. The Labute approximate surface area is 159 Å². The molecule has 2 N–H and O–H groups in total. The molecule has 8 heteroatoms. The van der Waals surface area contributed by atoms with Gasteiger partial charge in [-0.2, -0.15) is 0 Å². The van der Waals surface area contributed by atoms with Gasteiger partial charge in [0, 0.05) is 17.3 Å². The van der Waals surface area contributed by atoms with Crippen LogP contribution in [0.2, 0.25) is 0 Å². The Balaban J connectivity index is 1.47. The van der Waals surface area contributed by atoms with Crippen LogP contribution < -0.4 is 16.2 Å². The average Bonchev–Trinajstić information content (AvgIpc) is 3.50. The fourth-order valence-corrected chi connectivity index (χ4v) is 2.86. The van der Waals surface area contributed by atoms with E-state index in [1.165, 1.54) is 18.5 Å². The summed E-state index contributed by atoms with van der Waals surface area (Å²) in [4.78, 5) is 40.7. The van der Waals surface area contributed by atoms with Crippen molar-refractivity contribution in [1.82, 2.24) is 9.55 Å². The zero-order valence-corrected chi connectivity index (χ0v) is 14.8. The Morgan fingerprint density at radius 3 is 2.61 bits per heavy atom. The minimum atomic E-state index is -0.543. The summed E-state index contributed by atoms with van der Waals surface area (Å²) in [6, 6.07) is 10.5. The van der Waals surface area contributed by atoms with E-state index in [9.17, 15) is 18.8 Å². The van der Waals surface area contributed by atoms with Crippen LogP contribution in [0.25, 0.3) is 10.9 Å². The fourth-order valence-electron chi connectivity index (χ4n) is 2.86. The molecule has 1 heterocycles. The number of carbonyl (C=O) groups excluding carboxylic acids is 2. The number of benzene rings is 2. The van der Waals surface area contributed by atoms with Crippen LogP contribution in [0.5, 0.6) is 0 Å². The van der Waals surface area contributed by atoms with E-state index in [1.807, 2.05) is 0 Å². The molecule has 0 aliphatic heterocycles. The molecule has 2 aromatic carbocycles. The van der Waals surface area contributed by atoms with Gasteiger partial charge in [-0.05, 0) is 49.2 Å². The van der Waals surface area contributed by atoms with Crippen LogP contribution in [-0.4, -0.2) is 21.4 Å². The summed E-state index contributed by atoms with van der Waals surface area (Å²) in [5.41, 5.74) is 0.952. The molecule has 1 aliphatic carbocycles. The maximum Gasteiger partial charge on any atom is 0.261 e. The van der Waals surface area contributed by atoms with E-state index < -0.39 is 17.3 Å². The van der Waals surface area contributed by atoms with Gasteiger partial charge in [0.05, 0.1) is 17.2 Å². The molecule has 0 atom stereocenters. The highest BCUT2D eigenvalue weighted by Crippen LogP contribution is 2.30. The summed E-state index contributed by atoms with van der Waals surface area (Å²) in [6.45, 7) is -0.267. The molecule has 4 rings (SSSR count). The van der Waals surface area contributed by atoms with E-state index in [-0.39, 0.29) is 23.8 Å². The molecule has 0 saturated heterocycles. The predicted octanol–water partition coefficient (Wildman–Crippen LogP) is 2.52. The highest BCUT2D eigenvalue weighted by molar-refractivity contribution is 5.96. The van der Waals surface area contributed by atoms with Gasteiger partial charge in [0.25, 0.3) is 5.56 Å². The maximum atomic E-state index is 13.4. The SMILES string of the molecule is O=C(Cn1cnc2ccc(F)cc2c1=O)Nc1cccc(NC(=O)C2CC2)c1. The normalized spacial score (nSPS) is 13.3. The van der Waals surface area contributed by atoms with Crippen LogP contribution in [-0.2, 0) is 16.1 Å². The second-order valence-corrected chi connectivity index (χ2v) is 6.73. The Morgan fingerprint density at radius 1 is 1.11 bits per heavy atom. The standard InChI is InChI=1S/C20H17FN4O3/c21-13-6-7-17-16(8-13)20(28)25(11-22-17)10-18(26)23-14-2-1-3-15(9-14)24-19(27)12-4-5-12/h1-3,6-9,11-12H,4-5,10H2,(H,23,26)(H,24,27). The number of halogens is 1. The first-order chi connectivity index (χ1) is 13.5. The summed E-state index contributed by atoms with van der Waals surface area (Å²) in [6.07, 6.45) is 3.07. The van der Waals surface area contributed by atoms with Crippen LogP contribution in [0.1, 0.15) is 12.8 Å². The van der Waals surface area contributed by atoms with Crippen molar-refractivity contribution in [2.75, 3.05) is 10.6 Å². The zero-order chi connectivity index (χ0) is 19.7. The van der Waals surface area contributed by atoms with Crippen molar-refractivity contribution < 1.29 is 14.0 Å². The molecule has 1 fully saturated rings. The highest BCUT2D eigenvalue weighted by Gasteiger charge is 2.29. The molecule has 28 heavy (non-hydrogen) atoms. The third-order valence-corrected chi connectivity index (χ3v) is 4.46. The van der Waals surface area contributed by atoms with Gasteiger partial charge in [0.2, 0.25) is 11.8 Å². The Kier molecular flexibility index (Phi) is 4.60. The Morgan fingerprint density at radius 2 is 1.86 bits per heavy atom. The molecule has 1 aliphatic rings. The molecule has 7 nitrogen and oxygen atoms in total. The van der Waals surface area contributed by atoms with E-state index in [0.29, 0.717) is 16.9 Å². The van der Waals surface area contributed by atoms with Crippen molar-refractivity contribution >= 4 is 34.1 Å². The largest absolute Gasteiger partial charge is 0.326 e. The lowest BCUT2D eigenvalue weighted by Gasteiger charge is -2.10. The summed E-state index contributed by atoms with van der Waals surface area (Å²) in [5.74, 6) is -0.927. The molecule has 1 saturated carbocycles. The topological polar surface area (TPSA) is 93.1 Å². The van der Waals surface area contributed by atoms with Gasteiger partial charge in [-0.25, -0.2) is 9.37 Å². The van der Waals surface area contributed by atoms with Gasteiger partial charge in [-0.15, -0.1) is 0 Å². The maximum absolute atomic E-state index is 13.4. The minimum Gasteiger partial charge on any atom is -0.326 e. The Hall–Kier alpha value is -3.55. The second kappa shape index (κ2) is 7.22. The van der Waals surface area contributed by atoms with Gasteiger partial charge < -0.3 is 10.6 Å². The van der Waals surface area contributed by atoms with Crippen LogP contribution in [0.4, 0.5) is 15.8 Å². The second-order valence-electron chi connectivity index (χ2n) is 6.73. The van der Waals surface area contributed by atoms with E-state index in [2.05, 4.69) is 15.6 Å². The van der Waals surface area contributed by atoms with Crippen molar-refractivity contribution in [2.45, 2.75) is 19.4 Å². The lowest BCUT2D eigenvalue weighted by atomic mass is 10.2. The van der Waals surface area contributed by atoms with Gasteiger partial charge >= 0.3 is 0 Å². The molecule has 0 unspecified atom stereocenters. The molecule has 0 bridgehead atoms. The molecule has 0 spiro atoms. The number of rotatable bonds is 5. The van der Waals surface area contributed by atoms with Crippen LogP contribution in [0.15, 0.2) is 53.6 Å². The van der Waals surface area contributed by atoms with Gasteiger partial charge in [0.15, 0.2) is 0 Å². The minimum absolute atomic E-state index is 0.0236. The molecular formula is C20H17FN4O3. The summed E-state index contributed by atoms with van der Waals surface area (Å²) in [7, 11) is 0. The highest BCUT2D eigenvalue weighted by atomic mass is 19.1. The van der Waals surface area contributed by atoms with Crippen LogP contribution in [0, 0.1) is 11.7 Å². The average molecular weight is 380 g/mol. The van der Waals surface area contributed by atoms with Crippen molar-refractivity contribution in [3.63, 3.8) is 0 Å². The van der Waals surface area contributed by atoms with E-state index >= 15 is 0 Å². The number of anilines is 2. The number of hydrogen-bond acceptors (Lipinski definition) is 4. The number of nitrogens with zero attached hydrogens (tertiary/aromatic N) is 2. The molecule has 0 radical (unpaired) electrons. The van der Waals surface area contributed by atoms with Crippen LogP contribution >= 0.6 is 0 Å². The van der Waals surface area contributed by atoms with Crippen molar-refractivity contribution in [2.24, 2.45) is 5.92 Å². The van der Waals surface area contributed by atoms with Gasteiger partial charge in [0.1, 0.15) is 12.4 Å². The lowest BCUT2D eigenvalue weighted by molar-refractivity contribution is -0.117. The van der Waals surface area contributed by atoms with Crippen molar-refractivity contribution in [3.8, 4) is 0 Å².